The van der Waals surface area contributed by atoms with Gasteiger partial charge in [0, 0.05) is 13.3 Å². The van der Waals surface area contributed by atoms with Crippen LogP contribution in [0.25, 0.3) is 0 Å². The van der Waals surface area contributed by atoms with Gasteiger partial charge in [-0.2, -0.15) is 0 Å². The fraction of sp³-hybridized carbons (Fsp3) is 0.550. The number of esters is 2. The molecule has 7 heteroatoms. The van der Waals surface area contributed by atoms with Crippen LogP contribution in [-0.2, 0) is 23.9 Å². The summed E-state index contributed by atoms with van der Waals surface area (Å²) >= 11 is 0. The number of aliphatic hydroxyl groups excluding tert-OH is 2. The van der Waals surface area contributed by atoms with Crippen molar-refractivity contribution in [3.05, 3.63) is 35.5 Å². The van der Waals surface area contributed by atoms with E-state index in [-0.39, 0.29) is 31.8 Å². The first-order valence-electron chi connectivity index (χ1n) is 8.97. The molecule has 1 saturated heterocycles. The van der Waals surface area contributed by atoms with Crippen LogP contribution in [0.5, 0.6) is 0 Å². The van der Waals surface area contributed by atoms with Crippen LogP contribution in [-0.4, -0.2) is 53.4 Å². The molecule has 2 N–H and O–H groups in total. The number of allylic oxidation sites excluding steroid dienone is 3. The summed E-state index contributed by atoms with van der Waals surface area (Å²) in [6.07, 6.45) is 6.58. The normalized spacial score (nSPS) is 27.6. The van der Waals surface area contributed by atoms with Crippen LogP contribution in [0.15, 0.2) is 35.5 Å². The van der Waals surface area contributed by atoms with E-state index >= 15 is 0 Å². The Morgan fingerprint density at radius 2 is 2.04 bits per heavy atom. The van der Waals surface area contributed by atoms with Crippen LogP contribution >= 0.6 is 0 Å². The van der Waals surface area contributed by atoms with Gasteiger partial charge < -0.3 is 19.7 Å². The van der Waals surface area contributed by atoms with Gasteiger partial charge in [0.2, 0.25) is 0 Å². The number of carbonyl (C=O) groups excluding carboxylic acids is 3. The zero-order valence-electron chi connectivity index (χ0n) is 15.6. The average Bonchev–Trinajstić information content (AvgIpc) is 2.90. The minimum atomic E-state index is -1.05. The molecule has 1 fully saturated rings. The van der Waals surface area contributed by atoms with E-state index in [1.165, 1.54) is 13.0 Å². The molecule has 3 atom stereocenters. The monoisotopic (exact) mass is 378 g/mol. The summed E-state index contributed by atoms with van der Waals surface area (Å²) in [4.78, 5) is 35.8. The van der Waals surface area contributed by atoms with E-state index in [1.807, 2.05) is 6.92 Å². The zero-order chi connectivity index (χ0) is 20.0. The summed E-state index contributed by atoms with van der Waals surface area (Å²) < 4.78 is 10.6. The maximum atomic E-state index is 12.6. The molecule has 1 heterocycles. The van der Waals surface area contributed by atoms with Gasteiger partial charge in [-0.1, -0.05) is 11.6 Å². The summed E-state index contributed by atoms with van der Waals surface area (Å²) in [5.41, 5.74) is 0.417. The molecule has 1 spiro atoms. The second-order valence-electron chi connectivity index (χ2n) is 7.05. The quantitative estimate of drug-likeness (QED) is 0.509. The molecule has 0 aromatic rings. The standard InChI is InChI=1S/C20H26O7/c1-13(4-3-5-15(11-21)12-22)8-18-20(10-19(25)27-18)9-16(26-14(2)23)6-7-17(20)24/h5-8,16,18,21-22H,3-4,9-12H2,1-2H3/b13-8+/t16-,18-,20?/m1/s1. The summed E-state index contributed by atoms with van der Waals surface area (Å²) in [6, 6.07) is 0. The smallest absolute Gasteiger partial charge is 0.307 e. The molecule has 148 valence electrons. The van der Waals surface area contributed by atoms with Gasteiger partial charge in [-0.25, -0.2) is 0 Å². The van der Waals surface area contributed by atoms with Crippen molar-refractivity contribution in [3.8, 4) is 0 Å². The maximum Gasteiger partial charge on any atom is 0.307 e. The van der Waals surface area contributed by atoms with Crippen LogP contribution in [0.2, 0.25) is 0 Å². The maximum absolute atomic E-state index is 12.6. The number of aliphatic hydroxyl groups is 2. The summed E-state index contributed by atoms with van der Waals surface area (Å²) in [5.74, 6) is -1.09. The lowest BCUT2D eigenvalue weighted by Crippen LogP contribution is -2.43. The van der Waals surface area contributed by atoms with E-state index in [9.17, 15) is 14.4 Å². The first kappa shape index (κ1) is 21.1. The van der Waals surface area contributed by atoms with Gasteiger partial charge in [0.15, 0.2) is 5.78 Å². The van der Waals surface area contributed by atoms with Gasteiger partial charge in [-0.05, 0) is 43.6 Å². The summed E-state index contributed by atoms with van der Waals surface area (Å²) in [6.45, 7) is 2.79. The number of carbonyl (C=O) groups is 3. The molecule has 27 heavy (non-hydrogen) atoms. The fourth-order valence-corrected chi connectivity index (χ4v) is 3.47. The molecule has 1 unspecified atom stereocenters. The number of rotatable bonds is 7. The molecule has 0 saturated carbocycles. The highest BCUT2D eigenvalue weighted by molar-refractivity contribution is 6.00. The van der Waals surface area contributed by atoms with E-state index in [0.717, 1.165) is 5.57 Å². The van der Waals surface area contributed by atoms with Crippen molar-refractivity contribution in [2.45, 2.75) is 51.7 Å². The minimum Gasteiger partial charge on any atom is -0.458 e. The fourth-order valence-electron chi connectivity index (χ4n) is 3.47. The van der Waals surface area contributed by atoms with E-state index in [1.54, 1.807) is 18.2 Å². The number of ether oxygens (including phenoxy) is 2. The van der Waals surface area contributed by atoms with Crippen molar-refractivity contribution in [3.63, 3.8) is 0 Å². The van der Waals surface area contributed by atoms with Crippen molar-refractivity contribution in [1.82, 2.24) is 0 Å². The Balaban J connectivity index is 2.15. The van der Waals surface area contributed by atoms with Crippen LogP contribution < -0.4 is 0 Å². The van der Waals surface area contributed by atoms with Crippen LogP contribution in [0.3, 0.4) is 0 Å². The van der Waals surface area contributed by atoms with Gasteiger partial charge in [-0.15, -0.1) is 0 Å². The Morgan fingerprint density at radius 3 is 2.67 bits per heavy atom. The highest BCUT2D eigenvalue weighted by Gasteiger charge is 2.55. The van der Waals surface area contributed by atoms with Crippen molar-refractivity contribution < 1.29 is 34.1 Å². The van der Waals surface area contributed by atoms with Crippen molar-refractivity contribution >= 4 is 17.7 Å². The Kier molecular flexibility index (Phi) is 7.10. The predicted octanol–water partition coefficient (Wildman–Crippen LogP) is 1.39. The lowest BCUT2D eigenvalue weighted by Gasteiger charge is -2.34. The highest BCUT2D eigenvalue weighted by atomic mass is 16.6. The largest absolute Gasteiger partial charge is 0.458 e. The van der Waals surface area contributed by atoms with Crippen molar-refractivity contribution in [2.75, 3.05) is 13.2 Å². The lowest BCUT2D eigenvalue weighted by molar-refractivity contribution is -0.148. The molecule has 1 aliphatic heterocycles. The van der Waals surface area contributed by atoms with Gasteiger partial charge in [0.25, 0.3) is 0 Å². The van der Waals surface area contributed by atoms with E-state index in [2.05, 4.69) is 0 Å². The number of hydrogen-bond donors (Lipinski definition) is 2. The third-order valence-electron chi connectivity index (χ3n) is 4.91. The first-order chi connectivity index (χ1) is 12.8. The van der Waals surface area contributed by atoms with E-state index in [4.69, 9.17) is 19.7 Å². The number of hydrogen-bond acceptors (Lipinski definition) is 7. The van der Waals surface area contributed by atoms with Crippen molar-refractivity contribution in [2.24, 2.45) is 5.41 Å². The van der Waals surface area contributed by atoms with Gasteiger partial charge in [0.1, 0.15) is 12.2 Å². The molecule has 0 aromatic carbocycles. The van der Waals surface area contributed by atoms with Crippen LogP contribution in [0.4, 0.5) is 0 Å². The molecular formula is C20H26O7. The summed E-state index contributed by atoms with van der Waals surface area (Å²) in [7, 11) is 0. The SMILES string of the molecule is CC(=O)O[C@@H]1C=CC(=O)C2(CC(=O)O[C@@H]2/C=C(\C)CCC=C(CO)CO)C1. The molecule has 7 nitrogen and oxygen atoms in total. The number of cyclic esters (lactones) is 1. The third-order valence-corrected chi connectivity index (χ3v) is 4.91. The summed E-state index contributed by atoms with van der Waals surface area (Å²) in [5, 5.41) is 18.1. The molecule has 2 rings (SSSR count). The molecule has 0 bridgehead atoms. The van der Waals surface area contributed by atoms with Crippen LogP contribution in [0, 0.1) is 5.41 Å². The second kappa shape index (κ2) is 9.10. The Morgan fingerprint density at radius 1 is 1.33 bits per heavy atom. The van der Waals surface area contributed by atoms with Gasteiger partial charge >= 0.3 is 11.9 Å². The van der Waals surface area contributed by atoms with Crippen molar-refractivity contribution in [1.29, 1.82) is 0 Å². The predicted molar refractivity (Wildman–Crippen MR) is 96.5 cm³/mol. The van der Waals surface area contributed by atoms with E-state index in [0.29, 0.717) is 18.4 Å². The Bertz CT molecular complexity index is 682. The number of ketones is 1. The lowest BCUT2D eigenvalue weighted by atomic mass is 9.69. The molecule has 0 amide bonds. The van der Waals surface area contributed by atoms with Crippen LogP contribution in [0.1, 0.15) is 39.5 Å². The molecule has 0 radical (unpaired) electrons. The highest BCUT2D eigenvalue weighted by Crippen LogP contribution is 2.45. The average molecular weight is 378 g/mol. The Hall–Kier alpha value is -2.25. The van der Waals surface area contributed by atoms with Gasteiger partial charge in [0.05, 0.1) is 25.0 Å². The minimum absolute atomic E-state index is 0.0402. The molecule has 0 aromatic heterocycles. The first-order valence-corrected chi connectivity index (χ1v) is 8.97. The molecular weight excluding hydrogens is 352 g/mol. The van der Waals surface area contributed by atoms with E-state index < -0.39 is 29.6 Å². The third kappa shape index (κ3) is 5.14. The molecule has 1 aliphatic carbocycles. The topological polar surface area (TPSA) is 110 Å². The second-order valence-corrected chi connectivity index (χ2v) is 7.05. The van der Waals surface area contributed by atoms with Gasteiger partial charge in [-0.3, -0.25) is 14.4 Å². The molecule has 2 aliphatic rings. The Labute approximate surface area is 158 Å². The zero-order valence-corrected chi connectivity index (χ0v) is 15.6.